The molecule has 0 aromatic rings. The first kappa shape index (κ1) is 13.9. The molecule has 0 aliphatic carbocycles. The van der Waals surface area contributed by atoms with Crippen LogP contribution in [0.25, 0.3) is 0 Å². The zero-order chi connectivity index (χ0) is 11.8. The van der Waals surface area contributed by atoms with Crippen LogP contribution in [0.5, 0.6) is 0 Å². The zero-order valence-electron chi connectivity index (χ0n) is 9.20. The Hall–Kier alpha value is -1.13. The summed E-state index contributed by atoms with van der Waals surface area (Å²) in [4.78, 5) is 22.7. The highest BCUT2D eigenvalue weighted by atomic mass is 19.1. The maximum Gasteiger partial charge on any atom is 0.323 e. The fourth-order valence-electron chi connectivity index (χ4n) is 1.22. The molecule has 88 valence electrons. The minimum Gasteiger partial charge on any atom is -0.480 e. The van der Waals surface area contributed by atoms with Gasteiger partial charge in [-0.15, -0.1) is 0 Å². The molecule has 1 amide bonds. The van der Waals surface area contributed by atoms with Crippen LogP contribution in [0.15, 0.2) is 0 Å². The van der Waals surface area contributed by atoms with Gasteiger partial charge in [-0.05, 0) is 12.8 Å². The van der Waals surface area contributed by atoms with Crippen molar-refractivity contribution in [3.05, 3.63) is 0 Å². The van der Waals surface area contributed by atoms with Crippen molar-refractivity contribution in [3.63, 3.8) is 0 Å². The van der Waals surface area contributed by atoms with Crippen LogP contribution < -0.4 is 0 Å². The highest BCUT2D eigenvalue weighted by Crippen LogP contribution is 2.09. The summed E-state index contributed by atoms with van der Waals surface area (Å²) in [6.07, 6.45) is 0.495. The third kappa shape index (κ3) is 6.88. The summed E-state index contributed by atoms with van der Waals surface area (Å²) >= 11 is 0. The van der Waals surface area contributed by atoms with Crippen molar-refractivity contribution in [1.82, 2.24) is 4.90 Å². The number of halogens is 1. The fraction of sp³-hybridized carbons (Fsp3) is 0.800. The maximum atomic E-state index is 13.0. The first-order valence-electron chi connectivity index (χ1n) is 5.07. The molecule has 1 atom stereocenters. The van der Waals surface area contributed by atoms with Gasteiger partial charge in [-0.2, -0.15) is 0 Å². The summed E-state index contributed by atoms with van der Waals surface area (Å²) in [5, 5.41) is 8.43. The van der Waals surface area contributed by atoms with E-state index in [0.717, 1.165) is 11.3 Å². The lowest BCUT2D eigenvalue weighted by Gasteiger charge is -2.15. The molecule has 0 rings (SSSR count). The Bertz CT molecular complexity index is 221. The number of aliphatic carboxylic acids is 1. The number of carboxylic acid groups (broad SMARTS) is 1. The van der Waals surface area contributed by atoms with Crippen LogP contribution in [0.2, 0.25) is 0 Å². The third-order valence-electron chi connectivity index (χ3n) is 2.07. The van der Waals surface area contributed by atoms with Crippen molar-refractivity contribution in [1.29, 1.82) is 0 Å². The zero-order valence-corrected chi connectivity index (χ0v) is 9.20. The second-order valence-electron chi connectivity index (χ2n) is 3.57. The van der Waals surface area contributed by atoms with E-state index in [-0.39, 0.29) is 25.3 Å². The van der Waals surface area contributed by atoms with E-state index in [4.69, 9.17) is 5.11 Å². The summed E-state index contributed by atoms with van der Waals surface area (Å²) in [5.41, 5.74) is 0. The first-order chi connectivity index (χ1) is 6.97. The number of rotatable bonds is 7. The van der Waals surface area contributed by atoms with Crippen molar-refractivity contribution in [2.45, 2.75) is 38.8 Å². The lowest BCUT2D eigenvalue weighted by Crippen LogP contribution is -2.32. The number of carboxylic acids is 1. The van der Waals surface area contributed by atoms with E-state index >= 15 is 0 Å². The number of alkyl halides is 1. The van der Waals surface area contributed by atoms with Crippen molar-refractivity contribution in [2.75, 3.05) is 13.6 Å². The van der Waals surface area contributed by atoms with E-state index in [1.54, 1.807) is 0 Å². The van der Waals surface area contributed by atoms with Crippen LogP contribution >= 0.6 is 0 Å². The normalized spacial score (nSPS) is 12.2. The lowest BCUT2D eigenvalue weighted by molar-refractivity contribution is -0.143. The molecule has 0 spiro atoms. The van der Waals surface area contributed by atoms with Gasteiger partial charge in [0.15, 0.2) is 0 Å². The average Bonchev–Trinajstić information content (AvgIpc) is 2.13. The van der Waals surface area contributed by atoms with Crippen LogP contribution in [0, 0.1) is 0 Å². The van der Waals surface area contributed by atoms with Gasteiger partial charge >= 0.3 is 5.97 Å². The van der Waals surface area contributed by atoms with Crippen LogP contribution in [0.3, 0.4) is 0 Å². The highest BCUT2D eigenvalue weighted by molar-refractivity contribution is 5.80. The molecular formula is C10H18FNO3. The largest absolute Gasteiger partial charge is 0.480 e. The molecule has 5 heteroatoms. The van der Waals surface area contributed by atoms with Gasteiger partial charge in [0.25, 0.3) is 0 Å². The third-order valence-corrected chi connectivity index (χ3v) is 2.07. The number of hydrogen-bond acceptors (Lipinski definition) is 2. The van der Waals surface area contributed by atoms with Crippen molar-refractivity contribution < 1.29 is 19.1 Å². The molecule has 0 bridgehead atoms. The molecule has 1 unspecified atom stereocenters. The van der Waals surface area contributed by atoms with Gasteiger partial charge in [-0.1, -0.05) is 13.3 Å². The maximum absolute atomic E-state index is 13.0. The number of amides is 1. The Balaban J connectivity index is 3.77. The second kappa shape index (κ2) is 7.20. The smallest absolute Gasteiger partial charge is 0.323 e. The highest BCUT2D eigenvalue weighted by Gasteiger charge is 2.14. The standard InChI is InChI=1S/C10H18FNO3/c1-3-4-8(11)5-6-9(13)12(2)7-10(14)15/h8H,3-7H2,1-2H3,(H,14,15). The second-order valence-corrected chi connectivity index (χ2v) is 3.57. The van der Waals surface area contributed by atoms with Crippen LogP contribution in [0.1, 0.15) is 32.6 Å². The van der Waals surface area contributed by atoms with Gasteiger partial charge in [0.1, 0.15) is 12.7 Å². The van der Waals surface area contributed by atoms with Gasteiger partial charge in [0.05, 0.1) is 0 Å². The topological polar surface area (TPSA) is 57.6 Å². The lowest BCUT2D eigenvalue weighted by atomic mass is 10.1. The number of carbonyl (C=O) groups excluding carboxylic acids is 1. The molecular weight excluding hydrogens is 201 g/mol. The summed E-state index contributed by atoms with van der Waals surface area (Å²) < 4.78 is 13.0. The monoisotopic (exact) mass is 219 g/mol. The molecule has 0 aromatic carbocycles. The van der Waals surface area contributed by atoms with Crippen molar-refractivity contribution in [2.24, 2.45) is 0 Å². The van der Waals surface area contributed by atoms with Gasteiger partial charge < -0.3 is 10.0 Å². The van der Waals surface area contributed by atoms with Crippen molar-refractivity contribution in [3.8, 4) is 0 Å². The summed E-state index contributed by atoms with van der Waals surface area (Å²) in [5.74, 6) is -1.38. The average molecular weight is 219 g/mol. The molecule has 0 aromatic heterocycles. The SMILES string of the molecule is CCCC(F)CCC(=O)N(C)CC(=O)O. The summed E-state index contributed by atoms with van der Waals surface area (Å²) in [6.45, 7) is 1.55. The minimum atomic E-state index is -1.06. The molecule has 0 saturated heterocycles. The molecule has 0 fully saturated rings. The molecule has 15 heavy (non-hydrogen) atoms. The quantitative estimate of drug-likeness (QED) is 0.705. The van der Waals surface area contributed by atoms with Gasteiger partial charge in [-0.25, -0.2) is 4.39 Å². The van der Waals surface area contributed by atoms with E-state index in [9.17, 15) is 14.0 Å². The van der Waals surface area contributed by atoms with E-state index in [1.165, 1.54) is 7.05 Å². The first-order valence-corrected chi connectivity index (χ1v) is 5.07. The molecule has 1 N–H and O–H groups in total. The van der Waals surface area contributed by atoms with Crippen LogP contribution in [-0.4, -0.2) is 41.6 Å². The Morgan fingerprint density at radius 1 is 1.40 bits per heavy atom. The minimum absolute atomic E-state index is 0.0744. The van der Waals surface area contributed by atoms with Crippen LogP contribution in [0.4, 0.5) is 4.39 Å². The molecule has 0 radical (unpaired) electrons. The number of likely N-dealkylation sites (N-methyl/N-ethyl adjacent to an activating group) is 1. The summed E-state index contributed by atoms with van der Waals surface area (Å²) in [7, 11) is 1.41. The Morgan fingerprint density at radius 2 is 2.00 bits per heavy atom. The Morgan fingerprint density at radius 3 is 2.47 bits per heavy atom. The van der Waals surface area contributed by atoms with E-state index in [0.29, 0.717) is 6.42 Å². The molecule has 4 nitrogen and oxygen atoms in total. The predicted octanol–water partition coefficient (Wildman–Crippen LogP) is 1.45. The molecule has 0 saturated carbocycles. The fourth-order valence-corrected chi connectivity index (χ4v) is 1.22. The van der Waals surface area contributed by atoms with E-state index in [1.807, 2.05) is 6.92 Å². The predicted molar refractivity (Wildman–Crippen MR) is 54.3 cm³/mol. The number of hydrogen-bond donors (Lipinski definition) is 1. The van der Waals surface area contributed by atoms with E-state index in [2.05, 4.69) is 0 Å². The van der Waals surface area contributed by atoms with Crippen molar-refractivity contribution >= 4 is 11.9 Å². The van der Waals surface area contributed by atoms with E-state index < -0.39 is 12.1 Å². The van der Waals surface area contributed by atoms with Gasteiger partial charge in [-0.3, -0.25) is 9.59 Å². The molecule has 0 aliphatic heterocycles. The summed E-state index contributed by atoms with van der Waals surface area (Å²) in [6, 6.07) is 0. The number of nitrogens with zero attached hydrogens (tertiary/aromatic N) is 1. The van der Waals surface area contributed by atoms with Gasteiger partial charge in [0, 0.05) is 13.5 Å². The number of carbonyl (C=O) groups is 2. The Kier molecular flexibility index (Phi) is 6.66. The molecule has 0 aliphatic rings. The van der Waals surface area contributed by atoms with Crippen LogP contribution in [-0.2, 0) is 9.59 Å². The Labute approximate surface area is 89.1 Å². The molecule has 0 heterocycles. The van der Waals surface area contributed by atoms with Gasteiger partial charge in [0.2, 0.25) is 5.91 Å².